The van der Waals surface area contributed by atoms with Crippen LogP contribution in [0.5, 0.6) is 0 Å². The number of hydrogen-bond acceptors (Lipinski definition) is 3. The van der Waals surface area contributed by atoms with E-state index in [0.717, 1.165) is 0 Å². The Balaban J connectivity index is 4.73. The molecule has 0 aromatic heterocycles. The molecular weight excluding hydrogens is 265 g/mol. The van der Waals surface area contributed by atoms with Gasteiger partial charge in [0.05, 0.1) is 0 Å². The summed E-state index contributed by atoms with van der Waals surface area (Å²) < 4.78 is 0. The molecule has 0 bridgehead atoms. The van der Waals surface area contributed by atoms with Crippen LogP contribution in [0.4, 0.5) is 0 Å². The zero-order valence-electron chi connectivity index (χ0n) is 7.85. The van der Waals surface area contributed by atoms with Crippen LogP contribution in [0.1, 0.15) is 19.3 Å². The van der Waals surface area contributed by atoms with Crippen molar-refractivity contribution in [2.24, 2.45) is 5.73 Å². The summed E-state index contributed by atoms with van der Waals surface area (Å²) >= 11 is 18.0. The fraction of sp³-hybridized carbons (Fsp3) is 1.00. The first-order valence-electron chi connectivity index (χ1n) is 4.42. The van der Waals surface area contributed by atoms with E-state index < -0.39 is 11.0 Å². The quantitative estimate of drug-likeness (QED) is 0.489. The van der Waals surface area contributed by atoms with Gasteiger partial charge in [0.15, 0.2) is 0 Å². The van der Waals surface area contributed by atoms with Crippen LogP contribution in [0, 0.1) is 0 Å². The summed E-state index contributed by atoms with van der Waals surface area (Å²) in [4.78, 5) is 0. The number of halogens is 3. The van der Waals surface area contributed by atoms with Crippen molar-refractivity contribution in [3.63, 3.8) is 0 Å². The van der Waals surface area contributed by atoms with Crippen LogP contribution in [-0.4, -0.2) is 36.0 Å². The molecule has 7 heteroatoms. The third-order valence-corrected chi connectivity index (χ3v) is 7.97. The highest BCUT2D eigenvalue weighted by Crippen LogP contribution is 2.53. The van der Waals surface area contributed by atoms with Crippen LogP contribution in [0.15, 0.2) is 0 Å². The second-order valence-electron chi connectivity index (χ2n) is 3.26. The van der Waals surface area contributed by atoms with Crippen molar-refractivity contribution in [3.05, 3.63) is 0 Å². The maximum atomic E-state index is 8.94. The van der Waals surface area contributed by atoms with E-state index in [-0.39, 0.29) is 13.2 Å². The summed E-state index contributed by atoms with van der Waals surface area (Å²) in [6.45, 7) is 0.280. The monoisotopic (exact) mass is 279 g/mol. The molecule has 0 aliphatic rings. The highest BCUT2D eigenvalue weighted by Gasteiger charge is 2.49. The Morgan fingerprint density at radius 2 is 1.43 bits per heavy atom. The van der Waals surface area contributed by atoms with Gasteiger partial charge >= 0.3 is 6.00 Å². The molecule has 0 unspecified atom stereocenters. The van der Waals surface area contributed by atoms with Gasteiger partial charge in [0.2, 0.25) is 0 Å². The Hall–Kier alpha value is 0.967. The van der Waals surface area contributed by atoms with E-state index in [1.54, 1.807) is 0 Å². The average Bonchev–Trinajstić information content (AvgIpc) is 2.03. The van der Waals surface area contributed by atoms with Gasteiger partial charge in [-0.3, -0.25) is 0 Å². The van der Waals surface area contributed by atoms with Gasteiger partial charge < -0.3 is 15.9 Å². The zero-order chi connectivity index (χ0) is 11.2. The Kier molecular flexibility index (Phi) is 6.98. The molecule has 4 N–H and O–H groups in total. The molecule has 0 aliphatic heterocycles. The van der Waals surface area contributed by atoms with Gasteiger partial charge in [-0.15, -0.1) is 33.2 Å². The zero-order valence-corrected chi connectivity index (χ0v) is 11.1. The minimum absolute atomic E-state index is 0.0547. The summed E-state index contributed by atoms with van der Waals surface area (Å²) in [7, 11) is 0. The van der Waals surface area contributed by atoms with Crippen molar-refractivity contribution >= 4 is 39.2 Å². The van der Waals surface area contributed by atoms with E-state index in [1.165, 1.54) is 0 Å². The molecule has 0 rings (SSSR count). The minimum atomic E-state index is -2.98. The number of nitrogens with two attached hydrogens (primary N) is 1. The number of hydrogen-bond donors (Lipinski definition) is 3. The fourth-order valence-electron chi connectivity index (χ4n) is 1.50. The predicted molar refractivity (Wildman–Crippen MR) is 63.1 cm³/mol. The molecule has 0 saturated heterocycles. The smallest absolute Gasteiger partial charge is 0.347 e. The molecule has 0 atom stereocenters. The van der Waals surface area contributed by atoms with Crippen LogP contribution < -0.4 is 5.73 Å². The van der Waals surface area contributed by atoms with Gasteiger partial charge in [-0.1, -0.05) is 0 Å². The number of aliphatic hydroxyl groups excluding tert-OH is 2. The summed E-state index contributed by atoms with van der Waals surface area (Å²) in [5.41, 5.74) is 5.45. The lowest BCUT2D eigenvalue weighted by atomic mass is 9.97. The molecular formula is C7H16Cl3NO2Si. The SMILES string of the molecule is NCCC(CCO)(CCO)[Si](Cl)(Cl)Cl. The average molecular weight is 281 g/mol. The first-order chi connectivity index (χ1) is 6.43. The van der Waals surface area contributed by atoms with Crippen LogP contribution in [0.25, 0.3) is 0 Å². The van der Waals surface area contributed by atoms with Crippen LogP contribution in [0.2, 0.25) is 5.04 Å². The van der Waals surface area contributed by atoms with Gasteiger partial charge in [0, 0.05) is 18.3 Å². The van der Waals surface area contributed by atoms with Crippen molar-refractivity contribution in [1.29, 1.82) is 0 Å². The predicted octanol–water partition coefficient (Wildman–Crippen LogP) is 1.50. The van der Waals surface area contributed by atoms with Crippen LogP contribution in [0.3, 0.4) is 0 Å². The summed E-state index contributed by atoms with van der Waals surface area (Å²) in [6.07, 6.45) is 1.29. The molecule has 0 spiro atoms. The van der Waals surface area contributed by atoms with Crippen molar-refractivity contribution in [1.82, 2.24) is 0 Å². The van der Waals surface area contributed by atoms with Crippen molar-refractivity contribution in [2.75, 3.05) is 19.8 Å². The number of aliphatic hydroxyl groups is 2. The highest BCUT2D eigenvalue weighted by molar-refractivity contribution is 7.65. The van der Waals surface area contributed by atoms with E-state index in [4.69, 9.17) is 49.2 Å². The first kappa shape index (κ1) is 15.0. The maximum absolute atomic E-state index is 8.94. The van der Waals surface area contributed by atoms with E-state index in [2.05, 4.69) is 0 Å². The first-order valence-corrected chi connectivity index (χ1v) is 9.45. The third-order valence-electron chi connectivity index (χ3n) is 2.40. The second kappa shape index (κ2) is 6.53. The maximum Gasteiger partial charge on any atom is 0.347 e. The lowest BCUT2D eigenvalue weighted by Gasteiger charge is -2.37. The van der Waals surface area contributed by atoms with E-state index in [1.807, 2.05) is 0 Å². The minimum Gasteiger partial charge on any atom is -0.396 e. The number of rotatable bonds is 7. The lowest BCUT2D eigenvalue weighted by molar-refractivity contribution is 0.218. The molecule has 0 amide bonds. The standard InChI is InChI=1S/C7H16Cl3NO2Si/c8-14(9,10)7(1-4-11,2-5-12)3-6-13/h12-13H,1-6,11H2. The van der Waals surface area contributed by atoms with Crippen molar-refractivity contribution in [2.45, 2.75) is 24.3 Å². The fourth-order valence-corrected chi connectivity index (χ4v) is 5.27. The Bertz CT molecular complexity index is 148. The molecule has 0 aromatic rings. The lowest BCUT2D eigenvalue weighted by Crippen LogP contribution is -2.37. The molecule has 0 radical (unpaired) electrons. The molecule has 86 valence electrons. The molecule has 0 aliphatic carbocycles. The van der Waals surface area contributed by atoms with E-state index in [9.17, 15) is 0 Å². The van der Waals surface area contributed by atoms with Crippen molar-refractivity contribution < 1.29 is 10.2 Å². The molecule has 0 fully saturated rings. The van der Waals surface area contributed by atoms with Gasteiger partial charge in [-0.25, -0.2) is 0 Å². The van der Waals surface area contributed by atoms with Gasteiger partial charge in [0.25, 0.3) is 0 Å². The largest absolute Gasteiger partial charge is 0.396 e. The van der Waals surface area contributed by atoms with E-state index >= 15 is 0 Å². The highest BCUT2D eigenvalue weighted by atomic mass is 35.8. The molecule has 0 aromatic carbocycles. The van der Waals surface area contributed by atoms with E-state index in [0.29, 0.717) is 25.8 Å². The summed E-state index contributed by atoms with van der Waals surface area (Å²) in [6, 6.07) is -2.98. The van der Waals surface area contributed by atoms with Gasteiger partial charge in [-0.2, -0.15) is 0 Å². The normalized spacial score (nSPS) is 13.3. The van der Waals surface area contributed by atoms with Crippen LogP contribution >= 0.6 is 33.2 Å². The third kappa shape index (κ3) is 3.85. The van der Waals surface area contributed by atoms with Gasteiger partial charge in [-0.05, 0) is 25.8 Å². The molecule has 3 nitrogen and oxygen atoms in total. The molecule has 14 heavy (non-hydrogen) atoms. The Labute approximate surface area is 99.3 Å². The van der Waals surface area contributed by atoms with Gasteiger partial charge in [0.1, 0.15) is 0 Å². The Morgan fingerprint density at radius 3 is 1.64 bits per heavy atom. The van der Waals surface area contributed by atoms with Crippen molar-refractivity contribution in [3.8, 4) is 0 Å². The molecule has 0 saturated carbocycles. The summed E-state index contributed by atoms with van der Waals surface area (Å²) in [5, 5.41) is 17.3. The summed E-state index contributed by atoms with van der Waals surface area (Å²) in [5.74, 6) is 0. The molecule has 0 heterocycles. The Morgan fingerprint density at radius 1 is 1.00 bits per heavy atom. The second-order valence-corrected chi connectivity index (χ2v) is 12.2. The van der Waals surface area contributed by atoms with Crippen LogP contribution in [-0.2, 0) is 0 Å². The topological polar surface area (TPSA) is 66.5 Å².